The number of H-pyrrole nitrogens is 2. The van der Waals surface area contributed by atoms with E-state index < -0.39 is 16.2 Å². The van der Waals surface area contributed by atoms with Gasteiger partial charge in [-0.1, -0.05) is 86.1 Å². The average Bonchev–Trinajstić information content (AvgIpc) is 4.02. The first-order chi connectivity index (χ1) is 34.6. The number of nitrogens with one attached hydrogen (secondary N) is 3. The van der Waals surface area contributed by atoms with Crippen LogP contribution in [0.4, 0.5) is 11.4 Å². The number of unbranched alkanes of at least 4 members (excludes halogenated alkanes) is 5. The Balaban J connectivity index is 0.000000274. The summed E-state index contributed by atoms with van der Waals surface area (Å²) in [5.41, 5.74) is 2.67. The van der Waals surface area contributed by atoms with E-state index in [4.69, 9.17) is 23.1 Å². The van der Waals surface area contributed by atoms with Gasteiger partial charge in [-0.05, 0) is 117 Å². The molecule has 3 N–H and O–H groups in total. The summed E-state index contributed by atoms with van der Waals surface area (Å²) in [7, 11) is 1.53. The maximum Gasteiger partial charge on any atom is 0.316 e. The summed E-state index contributed by atoms with van der Waals surface area (Å²) < 4.78 is 44.9. The molecule has 0 aliphatic heterocycles. The number of aryl methyl sites for hydroxylation is 1. The van der Waals surface area contributed by atoms with Gasteiger partial charge in [0.15, 0.2) is 23.1 Å². The van der Waals surface area contributed by atoms with Crippen molar-refractivity contribution in [2.24, 2.45) is 29.6 Å². The van der Waals surface area contributed by atoms with Crippen molar-refractivity contribution in [2.45, 2.75) is 144 Å². The fraction of sp³-hybridized carbons (Fsp3) is 0.547. The number of aromatic amines is 2. The molecule has 0 bridgehead atoms. The summed E-state index contributed by atoms with van der Waals surface area (Å²) in [5, 5.41) is 24.7. The summed E-state index contributed by atoms with van der Waals surface area (Å²) in [6, 6.07) is 16.8. The number of methoxy groups -OCH3 is 1. The second-order valence-electron chi connectivity index (χ2n) is 19.6. The molecule has 2 aliphatic carbocycles. The van der Waals surface area contributed by atoms with Crippen LogP contribution in [0.1, 0.15) is 129 Å². The van der Waals surface area contributed by atoms with E-state index in [1.165, 1.54) is 51.3 Å². The predicted molar refractivity (Wildman–Crippen MR) is 275 cm³/mol. The van der Waals surface area contributed by atoms with Crippen molar-refractivity contribution in [3.05, 3.63) is 88.0 Å². The number of non-ortho nitro benzene ring substituents is 1. The highest BCUT2D eigenvalue weighted by Crippen LogP contribution is 2.36. The third-order valence-corrected chi connectivity index (χ3v) is 14.1. The molecule has 5 atom stereocenters. The van der Waals surface area contributed by atoms with Gasteiger partial charge in [0, 0.05) is 23.3 Å². The number of rotatable bonds is 22. The van der Waals surface area contributed by atoms with Crippen LogP contribution in [0.3, 0.4) is 0 Å². The first-order valence-corrected chi connectivity index (χ1v) is 26.4. The van der Waals surface area contributed by atoms with E-state index in [0.717, 1.165) is 44.1 Å². The molecule has 2 aromatic heterocycles. The number of ether oxygens (including phenoxy) is 4. The van der Waals surface area contributed by atoms with Crippen molar-refractivity contribution in [1.29, 1.82) is 0 Å². The number of hydrogen-bond donors (Lipinski definition) is 3. The smallest absolute Gasteiger partial charge is 0.316 e. The Hall–Kier alpha value is -6.37. The zero-order valence-corrected chi connectivity index (χ0v) is 43.8. The van der Waals surface area contributed by atoms with Gasteiger partial charge in [0.25, 0.3) is 5.69 Å². The van der Waals surface area contributed by atoms with E-state index in [-0.39, 0.29) is 42.7 Å². The molecule has 2 heterocycles. The highest BCUT2D eigenvalue weighted by Gasteiger charge is 2.34. The molecule has 5 aromatic rings. The van der Waals surface area contributed by atoms with Crippen LogP contribution in [-0.4, -0.2) is 77.4 Å². The van der Waals surface area contributed by atoms with Gasteiger partial charge in [0.2, 0.25) is 0 Å². The number of nitro benzene ring substituents is 1. The molecule has 3 aromatic carbocycles. The third-order valence-electron chi connectivity index (χ3n) is 13.3. The molecule has 18 nitrogen and oxygen atoms in total. The number of esters is 2. The minimum Gasteiger partial charge on any atom is -0.495 e. The van der Waals surface area contributed by atoms with Gasteiger partial charge in [-0.3, -0.25) is 34.6 Å². The minimum atomic E-state index is -1.96. The van der Waals surface area contributed by atoms with E-state index in [9.17, 15) is 23.9 Å². The molecule has 2 aliphatic rings. The molecule has 0 saturated heterocycles. The Kier molecular flexibility index (Phi) is 20.5. The van der Waals surface area contributed by atoms with E-state index in [1.807, 2.05) is 19.1 Å². The Morgan fingerprint density at radius 1 is 0.736 bits per heavy atom. The minimum absolute atomic E-state index is 0.00261. The first-order valence-electron chi connectivity index (χ1n) is 25.4. The highest BCUT2D eigenvalue weighted by atomic mass is 32.2. The van der Waals surface area contributed by atoms with Crippen LogP contribution in [0.25, 0.3) is 22.8 Å². The zero-order chi connectivity index (χ0) is 51.7. The van der Waals surface area contributed by atoms with Crippen LogP contribution in [0.2, 0.25) is 0 Å². The predicted octanol–water partition coefficient (Wildman–Crippen LogP) is 11.0. The number of nitrogens with zero attached hydrogens (tertiary/aromatic N) is 5. The van der Waals surface area contributed by atoms with Gasteiger partial charge in [-0.2, -0.15) is 14.4 Å². The molecule has 19 heteroatoms. The number of carbonyl (C=O) groups excluding carboxylic acids is 2. The number of nitro groups is 1. The molecule has 0 amide bonds. The largest absolute Gasteiger partial charge is 0.495 e. The Morgan fingerprint density at radius 2 is 1.29 bits per heavy atom. The quantitative estimate of drug-likeness (QED) is 0.0253. The Bertz CT molecular complexity index is 2550. The molecule has 7 rings (SSSR count). The molecule has 2 fully saturated rings. The van der Waals surface area contributed by atoms with Crippen molar-refractivity contribution in [3.8, 4) is 40.0 Å². The van der Waals surface area contributed by atoms with Gasteiger partial charge >= 0.3 is 23.2 Å². The molecular weight excluding hydrogens is 941 g/mol. The summed E-state index contributed by atoms with van der Waals surface area (Å²) >= 11 is -1.96. The number of anilines is 1. The summed E-state index contributed by atoms with van der Waals surface area (Å²) in [5.74, 6) is 4.39. The third kappa shape index (κ3) is 16.1. The van der Waals surface area contributed by atoms with E-state index in [2.05, 4.69) is 76.6 Å². The number of hydrogen-bond acceptors (Lipinski definition) is 14. The molecule has 390 valence electrons. The number of benzene rings is 3. The van der Waals surface area contributed by atoms with Gasteiger partial charge < -0.3 is 23.1 Å². The summed E-state index contributed by atoms with van der Waals surface area (Å²) in [4.78, 5) is 44.1. The molecule has 72 heavy (non-hydrogen) atoms. The van der Waals surface area contributed by atoms with E-state index >= 15 is 0 Å². The zero-order valence-electron chi connectivity index (χ0n) is 42.9. The molecule has 2 saturated carbocycles. The Morgan fingerprint density at radius 3 is 1.89 bits per heavy atom. The van der Waals surface area contributed by atoms with Crippen LogP contribution in [0.15, 0.2) is 60.7 Å². The fourth-order valence-electron chi connectivity index (χ4n) is 9.69. The van der Waals surface area contributed by atoms with Gasteiger partial charge in [-0.25, -0.2) is 9.97 Å². The molecule has 5 unspecified atom stereocenters. The number of aromatic nitrogens is 6. The maximum absolute atomic E-state index is 13.2. The Labute approximate surface area is 425 Å². The van der Waals surface area contributed by atoms with Crippen LogP contribution < -0.4 is 18.4 Å². The standard InChI is InChI=1S/C35H50N4O6S.C18H22N4O4/c1-7-8-9-10-11-12-17-43-30-15-13-23(2)20-31(30)45-46(41)39-28-21-27(14-16-29(28)42-6)35-36-32(37-38-35)22-33(40)44-34-25(4)18-24(3)19-26(34)5;1-11-4-3-5-12(2)17(11)26-16(23)10-15-19-18(21-20-15)13-6-8-14(9-7-13)22(24)25/h13-16,20-21,24-26,34,39H,7-12,17-19,22H2,1-6H3,(H,36,37,38);6-9,11-12,17H,3-5,10H2,1-2H3,(H,19,20,21). The average molecular weight is 1010 g/mol. The van der Waals surface area contributed by atoms with Crippen molar-refractivity contribution >= 4 is 34.6 Å². The maximum atomic E-state index is 13.2. The van der Waals surface area contributed by atoms with Crippen molar-refractivity contribution in [2.75, 3.05) is 18.4 Å². The van der Waals surface area contributed by atoms with Crippen LogP contribution in [0, 0.1) is 46.6 Å². The molecule has 0 spiro atoms. The lowest BCUT2D eigenvalue weighted by atomic mass is 9.75. The molecule has 0 radical (unpaired) electrons. The summed E-state index contributed by atoms with van der Waals surface area (Å²) in [6.07, 6.45) is 12.3. The van der Waals surface area contributed by atoms with Crippen LogP contribution >= 0.6 is 0 Å². The van der Waals surface area contributed by atoms with Crippen molar-refractivity contribution in [1.82, 2.24) is 30.4 Å². The first kappa shape index (κ1) is 55.0. The SMILES string of the molecule is CC1CCCC(C)C1OC(=O)Cc1nc(-c2ccc([N+](=O)[O-])cc2)n[nH]1.CCCCCCCCOc1ccc(C)cc1OS(=O)Nc1cc(-c2n[nH]c(CC(=O)OC3C(C)CC(C)CC3C)n2)ccc1OC. The van der Waals surface area contributed by atoms with E-state index in [1.54, 1.807) is 36.4 Å². The summed E-state index contributed by atoms with van der Waals surface area (Å²) in [6.45, 7) is 15.5. The molecular formula is C53H72N8O10S. The lowest BCUT2D eigenvalue weighted by Gasteiger charge is -2.37. The van der Waals surface area contributed by atoms with Gasteiger partial charge in [-0.15, -0.1) is 0 Å². The topological polar surface area (TPSA) is 236 Å². The van der Waals surface area contributed by atoms with Crippen LogP contribution in [-0.2, 0) is 43.2 Å². The second kappa shape index (κ2) is 26.9. The van der Waals surface area contributed by atoms with Crippen LogP contribution in [0.5, 0.6) is 17.2 Å². The lowest BCUT2D eigenvalue weighted by Crippen LogP contribution is -2.37. The fourth-order valence-corrected chi connectivity index (χ4v) is 10.4. The normalized spacial score (nSPS) is 21.1. The highest BCUT2D eigenvalue weighted by molar-refractivity contribution is 7.82. The van der Waals surface area contributed by atoms with Crippen molar-refractivity contribution < 1.29 is 41.9 Å². The second-order valence-corrected chi connectivity index (χ2v) is 20.4. The van der Waals surface area contributed by atoms with Gasteiger partial charge in [0.05, 0.1) is 24.3 Å². The van der Waals surface area contributed by atoms with Crippen molar-refractivity contribution in [3.63, 3.8) is 0 Å². The number of carbonyl (C=O) groups is 2. The van der Waals surface area contributed by atoms with Gasteiger partial charge in [0.1, 0.15) is 42.4 Å². The lowest BCUT2D eigenvalue weighted by molar-refractivity contribution is -0.384. The van der Waals surface area contributed by atoms with E-state index in [0.29, 0.717) is 93.6 Å². The monoisotopic (exact) mass is 1010 g/mol.